The molecule has 1 amide bonds. The van der Waals surface area contributed by atoms with E-state index in [2.05, 4.69) is 10.3 Å². The number of nitrogens with zero attached hydrogens (tertiary/aromatic N) is 1. The van der Waals surface area contributed by atoms with Crippen molar-refractivity contribution in [3.05, 3.63) is 29.6 Å². The summed E-state index contributed by atoms with van der Waals surface area (Å²) in [4.78, 5) is 15.0. The van der Waals surface area contributed by atoms with Crippen molar-refractivity contribution in [2.45, 2.75) is 31.7 Å². The van der Waals surface area contributed by atoms with E-state index >= 15 is 0 Å². The molecule has 86 valence electrons. The molecule has 1 aliphatic rings. The first-order valence-electron chi connectivity index (χ1n) is 5.72. The Morgan fingerprint density at radius 2 is 2.38 bits per heavy atom. The second kappa shape index (κ2) is 5.07. The number of piperidine rings is 1. The number of aromatic nitrogens is 1. The third-order valence-electron chi connectivity index (χ3n) is 2.92. The molecule has 1 atom stereocenters. The molecule has 1 aromatic heterocycles. The maximum Gasteiger partial charge on any atom is 0.223 e. The highest BCUT2D eigenvalue weighted by Gasteiger charge is 2.14. The molecule has 16 heavy (non-hydrogen) atoms. The van der Waals surface area contributed by atoms with Gasteiger partial charge in [0.15, 0.2) is 0 Å². The van der Waals surface area contributed by atoms with Gasteiger partial charge in [0.1, 0.15) is 0 Å². The minimum Gasteiger partial charge on any atom is -0.369 e. The first-order chi connectivity index (χ1) is 7.75. The normalized spacial score (nSPS) is 20.6. The Morgan fingerprint density at radius 1 is 1.50 bits per heavy atom. The van der Waals surface area contributed by atoms with Crippen molar-refractivity contribution in [2.24, 2.45) is 5.73 Å². The molecule has 0 spiro atoms. The van der Waals surface area contributed by atoms with Gasteiger partial charge in [0.25, 0.3) is 0 Å². The molecule has 4 heteroatoms. The Hall–Kier alpha value is -1.42. The summed E-state index contributed by atoms with van der Waals surface area (Å²) in [5, 5.41) is 3.46. The zero-order chi connectivity index (χ0) is 11.4. The lowest BCUT2D eigenvalue weighted by Gasteiger charge is -2.23. The molecule has 0 aliphatic carbocycles. The van der Waals surface area contributed by atoms with Crippen molar-refractivity contribution >= 4 is 5.91 Å². The minimum absolute atomic E-state index is 0.221. The van der Waals surface area contributed by atoms with E-state index in [4.69, 9.17) is 5.73 Å². The van der Waals surface area contributed by atoms with Gasteiger partial charge in [-0.15, -0.1) is 0 Å². The molecule has 1 aromatic rings. The standard InChI is InChI=1S/C12H17N3O/c13-12(16)7-10-5-4-9(8-15-10)11-3-1-2-6-14-11/h4-5,8,11,14H,1-3,6-7H2,(H2,13,16)/t11-/m0/s1. The largest absolute Gasteiger partial charge is 0.369 e. The van der Waals surface area contributed by atoms with Gasteiger partial charge in [-0.05, 0) is 31.0 Å². The van der Waals surface area contributed by atoms with Crippen molar-refractivity contribution in [1.29, 1.82) is 0 Å². The van der Waals surface area contributed by atoms with Gasteiger partial charge in [-0.3, -0.25) is 9.78 Å². The van der Waals surface area contributed by atoms with Gasteiger partial charge >= 0.3 is 0 Å². The van der Waals surface area contributed by atoms with Crippen LogP contribution >= 0.6 is 0 Å². The number of pyridine rings is 1. The summed E-state index contributed by atoms with van der Waals surface area (Å²) in [6, 6.07) is 4.34. The first kappa shape index (κ1) is 11.1. The van der Waals surface area contributed by atoms with Gasteiger partial charge in [0, 0.05) is 17.9 Å². The highest BCUT2D eigenvalue weighted by Crippen LogP contribution is 2.22. The topological polar surface area (TPSA) is 68.0 Å². The van der Waals surface area contributed by atoms with Crippen molar-refractivity contribution < 1.29 is 4.79 Å². The molecule has 2 rings (SSSR count). The number of hydrogen-bond donors (Lipinski definition) is 2. The van der Waals surface area contributed by atoms with Crippen molar-refractivity contribution in [3.63, 3.8) is 0 Å². The van der Waals surface area contributed by atoms with Crippen LogP contribution in [0.5, 0.6) is 0 Å². The summed E-state index contributed by atoms with van der Waals surface area (Å²) >= 11 is 0. The summed E-state index contributed by atoms with van der Waals surface area (Å²) in [6.45, 7) is 1.08. The van der Waals surface area contributed by atoms with E-state index < -0.39 is 0 Å². The number of rotatable bonds is 3. The van der Waals surface area contributed by atoms with Crippen molar-refractivity contribution in [2.75, 3.05) is 6.54 Å². The lowest BCUT2D eigenvalue weighted by molar-refractivity contribution is -0.117. The predicted molar refractivity (Wildman–Crippen MR) is 61.7 cm³/mol. The monoisotopic (exact) mass is 219 g/mol. The summed E-state index contributed by atoms with van der Waals surface area (Å²) in [5.41, 5.74) is 7.06. The number of nitrogens with one attached hydrogen (secondary N) is 1. The second-order valence-corrected chi connectivity index (χ2v) is 4.23. The molecule has 2 heterocycles. The molecular formula is C12H17N3O. The quantitative estimate of drug-likeness (QED) is 0.794. The van der Waals surface area contributed by atoms with Gasteiger partial charge in [-0.2, -0.15) is 0 Å². The fraction of sp³-hybridized carbons (Fsp3) is 0.500. The Balaban J connectivity index is 2.03. The lowest BCUT2D eigenvalue weighted by atomic mass is 9.99. The highest BCUT2D eigenvalue weighted by atomic mass is 16.1. The summed E-state index contributed by atoms with van der Waals surface area (Å²) in [7, 11) is 0. The third kappa shape index (κ3) is 2.79. The number of carbonyl (C=O) groups is 1. The van der Waals surface area contributed by atoms with Gasteiger partial charge in [-0.1, -0.05) is 12.5 Å². The van der Waals surface area contributed by atoms with Crippen LogP contribution in [0, 0.1) is 0 Å². The van der Waals surface area contributed by atoms with Crippen LogP contribution in [0.25, 0.3) is 0 Å². The number of primary amides is 1. The smallest absolute Gasteiger partial charge is 0.223 e. The number of amides is 1. The maximum atomic E-state index is 10.7. The molecule has 4 nitrogen and oxygen atoms in total. The molecule has 0 unspecified atom stereocenters. The van der Waals surface area contributed by atoms with E-state index in [9.17, 15) is 4.79 Å². The van der Waals surface area contributed by atoms with E-state index in [-0.39, 0.29) is 12.3 Å². The van der Waals surface area contributed by atoms with Crippen LogP contribution in [-0.4, -0.2) is 17.4 Å². The first-order valence-corrected chi connectivity index (χ1v) is 5.72. The summed E-state index contributed by atoms with van der Waals surface area (Å²) in [6.07, 6.45) is 5.75. The Morgan fingerprint density at radius 3 is 2.94 bits per heavy atom. The summed E-state index contributed by atoms with van der Waals surface area (Å²) in [5.74, 6) is -0.337. The maximum absolute atomic E-state index is 10.7. The average Bonchev–Trinajstić information content (AvgIpc) is 2.30. The lowest BCUT2D eigenvalue weighted by Crippen LogP contribution is -2.26. The molecule has 1 aliphatic heterocycles. The van der Waals surface area contributed by atoms with Crippen LogP contribution in [0.4, 0.5) is 0 Å². The molecule has 1 fully saturated rings. The van der Waals surface area contributed by atoms with Crippen LogP contribution in [0.3, 0.4) is 0 Å². The number of nitrogens with two attached hydrogens (primary N) is 1. The SMILES string of the molecule is NC(=O)Cc1ccc([C@@H]2CCCCN2)cn1. The van der Waals surface area contributed by atoms with Gasteiger partial charge in [-0.25, -0.2) is 0 Å². The zero-order valence-electron chi connectivity index (χ0n) is 9.28. The molecule has 0 radical (unpaired) electrons. The van der Waals surface area contributed by atoms with Gasteiger partial charge < -0.3 is 11.1 Å². The second-order valence-electron chi connectivity index (χ2n) is 4.23. The molecule has 0 aromatic carbocycles. The fourth-order valence-corrected chi connectivity index (χ4v) is 2.06. The number of carbonyl (C=O) groups excluding carboxylic acids is 1. The van der Waals surface area contributed by atoms with Gasteiger partial charge in [0.2, 0.25) is 5.91 Å². The zero-order valence-corrected chi connectivity index (χ0v) is 9.28. The molecule has 3 N–H and O–H groups in total. The van der Waals surface area contributed by atoms with E-state index in [0.29, 0.717) is 6.04 Å². The molecule has 0 bridgehead atoms. The average molecular weight is 219 g/mol. The fourth-order valence-electron chi connectivity index (χ4n) is 2.06. The van der Waals surface area contributed by atoms with Crippen LogP contribution in [0.2, 0.25) is 0 Å². The van der Waals surface area contributed by atoms with E-state index in [0.717, 1.165) is 18.7 Å². The van der Waals surface area contributed by atoms with Crippen molar-refractivity contribution in [1.82, 2.24) is 10.3 Å². The molecule has 1 saturated heterocycles. The Kier molecular flexibility index (Phi) is 3.51. The van der Waals surface area contributed by atoms with Crippen LogP contribution in [0.1, 0.15) is 36.6 Å². The highest BCUT2D eigenvalue weighted by molar-refractivity contribution is 5.76. The van der Waals surface area contributed by atoms with Crippen LogP contribution < -0.4 is 11.1 Å². The van der Waals surface area contributed by atoms with E-state index in [1.54, 1.807) is 0 Å². The number of hydrogen-bond acceptors (Lipinski definition) is 3. The predicted octanol–water partition coefficient (Wildman–Crippen LogP) is 0.924. The minimum atomic E-state index is -0.337. The van der Waals surface area contributed by atoms with Crippen LogP contribution in [0.15, 0.2) is 18.3 Å². The molecular weight excluding hydrogens is 202 g/mol. The Labute approximate surface area is 95.3 Å². The summed E-state index contributed by atoms with van der Waals surface area (Å²) < 4.78 is 0. The third-order valence-corrected chi connectivity index (χ3v) is 2.92. The molecule has 0 saturated carbocycles. The van der Waals surface area contributed by atoms with Crippen molar-refractivity contribution in [3.8, 4) is 0 Å². The Bertz CT molecular complexity index is 355. The van der Waals surface area contributed by atoms with Gasteiger partial charge in [0.05, 0.1) is 6.42 Å². The van der Waals surface area contributed by atoms with E-state index in [1.807, 2.05) is 18.3 Å². The van der Waals surface area contributed by atoms with E-state index in [1.165, 1.54) is 18.4 Å². The van der Waals surface area contributed by atoms with Crippen LogP contribution in [-0.2, 0) is 11.2 Å².